The van der Waals surface area contributed by atoms with Gasteiger partial charge in [-0.25, -0.2) is 22.7 Å². The Bertz CT molecular complexity index is 1000. The first-order valence-corrected chi connectivity index (χ1v) is 9.86. The number of anilines is 1. The fourth-order valence-electron chi connectivity index (χ4n) is 2.68. The standard InChI is InChI=1S/C15H14BrFN6O3S/c16-10-8-9(2-3-11(10)17)23-14(21-25-15(23)24)12-13(20-26-19-12)18-4-6-22-5-1-7-27-22/h2-3,8H,1,4-7H2,(H,18,20). The third-order valence-electron chi connectivity index (χ3n) is 3.95. The lowest BCUT2D eigenvalue weighted by molar-refractivity contribution is 0.309. The molecule has 0 atom stereocenters. The molecule has 0 radical (unpaired) electrons. The van der Waals surface area contributed by atoms with Gasteiger partial charge in [0.05, 0.1) is 10.2 Å². The number of hydrogen-bond donors (Lipinski definition) is 1. The third-order valence-corrected chi connectivity index (χ3v) is 5.75. The van der Waals surface area contributed by atoms with Gasteiger partial charge >= 0.3 is 5.76 Å². The highest BCUT2D eigenvalue weighted by Gasteiger charge is 2.23. The van der Waals surface area contributed by atoms with E-state index in [1.807, 2.05) is 11.9 Å². The van der Waals surface area contributed by atoms with E-state index in [2.05, 4.69) is 41.0 Å². The van der Waals surface area contributed by atoms with Crippen LogP contribution in [-0.2, 0) is 0 Å². The first-order valence-electron chi connectivity index (χ1n) is 8.12. The van der Waals surface area contributed by atoms with Crippen molar-refractivity contribution in [1.29, 1.82) is 0 Å². The van der Waals surface area contributed by atoms with Crippen LogP contribution in [-0.4, -0.2) is 49.7 Å². The number of nitrogens with one attached hydrogen (secondary N) is 1. The predicted octanol–water partition coefficient (Wildman–Crippen LogP) is 2.54. The average Bonchev–Trinajstić information content (AvgIpc) is 3.39. The van der Waals surface area contributed by atoms with E-state index in [9.17, 15) is 9.18 Å². The maximum Gasteiger partial charge on any atom is 0.446 e. The van der Waals surface area contributed by atoms with Crippen molar-refractivity contribution in [3.63, 3.8) is 0 Å². The zero-order chi connectivity index (χ0) is 18.8. The minimum Gasteiger partial charge on any atom is -0.364 e. The highest BCUT2D eigenvalue weighted by Crippen LogP contribution is 2.26. The molecule has 1 saturated heterocycles. The fraction of sp³-hybridized carbons (Fsp3) is 0.333. The van der Waals surface area contributed by atoms with Gasteiger partial charge in [-0.3, -0.25) is 4.52 Å². The van der Waals surface area contributed by atoms with Crippen LogP contribution in [0.1, 0.15) is 6.42 Å². The van der Waals surface area contributed by atoms with Crippen LogP contribution in [0.4, 0.5) is 10.2 Å². The Hall–Kier alpha value is -2.18. The van der Waals surface area contributed by atoms with E-state index in [-0.39, 0.29) is 16.0 Å². The summed E-state index contributed by atoms with van der Waals surface area (Å²) in [6.45, 7) is 2.50. The number of hydrogen-bond acceptors (Lipinski definition) is 9. The van der Waals surface area contributed by atoms with E-state index in [1.54, 1.807) is 0 Å². The van der Waals surface area contributed by atoms with Gasteiger partial charge in [-0.15, -0.1) is 0 Å². The molecule has 0 unspecified atom stereocenters. The molecule has 4 rings (SSSR count). The van der Waals surface area contributed by atoms with E-state index < -0.39 is 11.6 Å². The summed E-state index contributed by atoms with van der Waals surface area (Å²) in [5.41, 5.74) is 0.599. The average molecular weight is 457 g/mol. The summed E-state index contributed by atoms with van der Waals surface area (Å²) < 4.78 is 26.8. The number of aromatic nitrogens is 4. The smallest absolute Gasteiger partial charge is 0.364 e. The molecular formula is C15H14BrFN6O3S. The maximum absolute atomic E-state index is 13.5. The first kappa shape index (κ1) is 18.2. The predicted molar refractivity (Wildman–Crippen MR) is 100 cm³/mol. The van der Waals surface area contributed by atoms with E-state index >= 15 is 0 Å². The van der Waals surface area contributed by atoms with Gasteiger partial charge in [-0.1, -0.05) is 17.1 Å². The van der Waals surface area contributed by atoms with Crippen molar-refractivity contribution in [1.82, 2.24) is 24.3 Å². The second-order valence-electron chi connectivity index (χ2n) is 5.71. The van der Waals surface area contributed by atoms with Crippen LogP contribution in [0, 0.1) is 5.82 Å². The molecule has 27 heavy (non-hydrogen) atoms. The lowest BCUT2D eigenvalue weighted by atomic mass is 10.3. The summed E-state index contributed by atoms with van der Waals surface area (Å²) in [6.07, 6.45) is 1.18. The topological polar surface area (TPSA) is 102 Å². The normalized spacial score (nSPS) is 14.7. The quantitative estimate of drug-likeness (QED) is 0.560. The number of halogens is 2. The van der Waals surface area contributed by atoms with Crippen LogP contribution >= 0.6 is 27.9 Å². The summed E-state index contributed by atoms with van der Waals surface area (Å²) in [5, 5.41) is 14.6. The Morgan fingerprint density at radius 2 is 2.22 bits per heavy atom. The fourth-order valence-corrected chi connectivity index (χ4v) is 4.04. The molecule has 142 valence electrons. The van der Waals surface area contributed by atoms with E-state index in [0.29, 0.717) is 18.1 Å². The molecule has 3 aromatic rings. The van der Waals surface area contributed by atoms with Gasteiger partial charge in [0.2, 0.25) is 11.6 Å². The molecule has 2 aromatic heterocycles. The van der Waals surface area contributed by atoms with Gasteiger partial charge in [0.25, 0.3) is 0 Å². The Morgan fingerprint density at radius 1 is 1.33 bits per heavy atom. The van der Waals surface area contributed by atoms with Crippen LogP contribution in [0.25, 0.3) is 17.2 Å². The van der Waals surface area contributed by atoms with Gasteiger partial charge in [0.1, 0.15) is 5.82 Å². The minimum atomic E-state index is -0.731. The monoisotopic (exact) mass is 456 g/mol. The molecule has 1 aromatic carbocycles. The van der Waals surface area contributed by atoms with E-state index in [4.69, 9.17) is 9.15 Å². The Balaban J connectivity index is 1.60. The lowest BCUT2D eigenvalue weighted by Crippen LogP contribution is -2.21. The molecule has 0 spiro atoms. The van der Waals surface area contributed by atoms with E-state index in [1.165, 1.54) is 29.2 Å². The van der Waals surface area contributed by atoms with Gasteiger partial charge < -0.3 is 5.32 Å². The van der Waals surface area contributed by atoms with Crippen molar-refractivity contribution < 1.29 is 13.5 Å². The van der Waals surface area contributed by atoms with Gasteiger partial charge in [0.15, 0.2) is 5.69 Å². The molecule has 9 nitrogen and oxygen atoms in total. The molecule has 0 aliphatic carbocycles. The van der Waals surface area contributed by atoms with Gasteiger partial charge in [-0.05, 0) is 50.9 Å². The second-order valence-corrected chi connectivity index (χ2v) is 7.75. The number of rotatable bonds is 6. The summed E-state index contributed by atoms with van der Waals surface area (Å²) in [4.78, 5) is 12.1. The van der Waals surface area contributed by atoms with Crippen molar-refractivity contribution in [3.05, 3.63) is 39.0 Å². The van der Waals surface area contributed by atoms with Crippen LogP contribution in [0.15, 0.2) is 36.6 Å². The van der Waals surface area contributed by atoms with Crippen LogP contribution in [0.2, 0.25) is 0 Å². The summed E-state index contributed by atoms with van der Waals surface area (Å²) in [7, 11) is 0. The van der Waals surface area contributed by atoms with Crippen LogP contribution in [0.3, 0.4) is 0 Å². The molecule has 3 heterocycles. The Labute approximate surface area is 165 Å². The molecule has 12 heteroatoms. The molecule has 1 fully saturated rings. The highest BCUT2D eigenvalue weighted by molar-refractivity contribution is 9.10. The maximum atomic E-state index is 13.5. The number of nitrogens with zero attached hydrogens (tertiary/aromatic N) is 5. The zero-order valence-electron chi connectivity index (χ0n) is 13.9. The Kier molecular flexibility index (Phi) is 5.27. The minimum absolute atomic E-state index is 0.109. The molecule has 0 amide bonds. The highest BCUT2D eigenvalue weighted by atomic mass is 79.9. The molecule has 1 aliphatic rings. The van der Waals surface area contributed by atoms with Crippen molar-refractivity contribution in [2.75, 3.05) is 30.7 Å². The summed E-state index contributed by atoms with van der Waals surface area (Å²) in [5.74, 6) is 0.413. The largest absolute Gasteiger partial charge is 0.446 e. The SMILES string of the molecule is O=c1onc(-c2nonc2NCCN2CCCS2)n1-c1ccc(F)c(Br)c1. The zero-order valence-corrected chi connectivity index (χ0v) is 16.3. The molecule has 1 aliphatic heterocycles. The molecular weight excluding hydrogens is 443 g/mol. The number of benzene rings is 1. The first-order chi connectivity index (χ1) is 13.1. The van der Waals surface area contributed by atoms with Crippen molar-refractivity contribution in [2.45, 2.75) is 6.42 Å². The summed E-state index contributed by atoms with van der Waals surface area (Å²) in [6, 6.07) is 4.12. The van der Waals surface area contributed by atoms with Crippen molar-refractivity contribution >= 4 is 33.7 Å². The van der Waals surface area contributed by atoms with Crippen molar-refractivity contribution in [2.24, 2.45) is 0 Å². The molecule has 0 bridgehead atoms. The summed E-state index contributed by atoms with van der Waals surface area (Å²) >= 11 is 4.92. The third kappa shape index (κ3) is 3.77. The molecule has 0 saturated carbocycles. The van der Waals surface area contributed by atoms with Crippen molar-refractivity contribution in [3.8, 4) is 17.2 Å². The van der Waals surface area contributed by atoms with Crippen LogP contribution in [0.5, 0.6) is 0 Å². The molecule has 1 N–H and O–H groups in total. The van der Waals surface area contributed by atoms with Gasteiger partial charge in [0, 0.05) is 25.4 Å². The van der Waals surface area contributed by atoms with E-state index in [0.717, 1.165) is 18.8 Å². The van der Waals surface area contributed by atoms with Crippen LogP contribution < -0.4 is 11.1 Å². The second kappa shape index (κ2) is 7.82. The lowest BCUT2D eigenvalue weighted by Gasteiger charge is -2.13. The van der Waals surface area contributed by atoms with Gasteiger partial charge in [-0.2, -0.15) is 0 Å². The Morgan fingerprint density at radius 3 is 3.00 bits per heavy atom.